The molecule has 7 heteroatoms. The number of anilines is 1. The van der Waals surface area contributed by atoms with Crippen LogP contribution in [0.1, 0.15) is 54.6 Å². The van der Waals surface area contributed by atoms with E-state index in [2.05, 4.69) is 50.8 Å². The predicted octanol–water partition coefficient (Wildman–Crippen LogP) is 2.82. The maximum atomic E-state index is 12.9. The highest BCUT2D eigenvalue weighted by Gasteiger charge is 2.24. The summed E-state index contributed by atoms with van der Waals surface area (Å²) in [6.07, 6.45) is 4.51. The van der Waals surface area contributed by atoms with Crippen molar-refractivity contribution in [2.75, 3.05) is 52.1 Å². The molecule has 1 aromatic heterocycles. The highest BCUT2D eigenvalue weighted by Crippen LogP contribution is 2.28. The number of nitrogens with one attached hydrogen (secondary N) is 2. The Balaban J connectivity index is 1.31. The van der Waals surface area contributed by atoms with Gasteiger partial charge in [0.2, 0.25) is 5.91 Å². The van der Waals surface area contributed by atoms with Crippen molar-refractivity contribution in [1.82, 2.24) is 25.1 Å². The summed E-state index contributed by atoms with van der Waals surface area (Å²) in [4.78, 5) is 26.4. The first-order valence-electron chi connectivity index (χ1n) is 11.9. The smallest absolute Gasteiger partial charge is 0.236 e. The van der Waals surface area contributed by atoms with Crippen LogP contribution in [0.2, 0.25) is 0 Å². The third-order valence-corrected chi connectivity index (χ3v) is 6.79. The molecular formula is C25H36N6O. The summed E-state index contributed by atoms with van der Waals surface area (Å²) in [6.45, 7) is 4.85. The lowest BCUT2D eigenvalue weighted by atomic mass is 9.89. The molecule has 0 spiro atoms. The highest BCUT2D eigenvalue weighted by atomic mass is 16.2. The molecule has 2 saturated heterocycles. The van der Waals surface area contributed by atoms with Gasteiger partial charge < -0.3 is 15.5 Å². The van der Waals surface area contributed by atoms with Gasteiger partial charge in [-0.15, -0.1) is 0 Å². The van der Waals surface area contributed by atoms with Crippen LogP contribution in [-0.2, 0) is 11.3 Å². The minimum atomic E-state index is 0.127. The van der Waals surface area contributed by atoms with Crippen molar-refractivity contribution in [1.29, 1.82) is 0 Å². The monoisotopic (exact) mass is 436 g/mol. The van der Waals surface area contributed by atoms with E-state index in [4.69, 9.17) is 4.98 Å². The Labute approximate surface area is 191 Å². The van der Waals surface area contributed by atoms with Crippen LogP contribution in [-0.4, -0.2) is 72.5 Å². The van der Waals surface area contributed by atoms with E-state index in [-0.39, 0.29) is 5.91 Å². The summed E-state index contributed by atoms with van der Waals surface area (Å²) in [5.41, 5.74) is 2.48. The molecule has 1 aromatic carbocycles. The van der Waals surface area contributed by atoms with E-state index in [1.165, 1.54) is 5.56 Å². The quantitative estimate of drug-likeness (QED) is 0.695. The first-order chi connectivity index (χ1) is 15.6. The molecule has 4 rings (SSSR count). The molecule has 2 fully saturated rings. The number of nitrogens with zero attached hydrogens (tertiary/aromatic N) is 4. The summed E-state index contributed by atoms with van der Waals surface area (Å²) >= 11 is 0. The molecule has 1 amide bonds. The fourth-order valence-electron chi connectivity index (χ4n) is 4.79. The van der Waals surface area contributed by atoms with Gasteiger partial charge in [-0.2, -0.15) is 0 Å². The fraction of sp³-hybridized carbons (Fsp3) is 0.560. The number of benzene rings is 1. The molecule has 0 unspecified atom stereocenters. The Morgan fingerprint density at radius 2 is 1.94 bits per heavy atom. The topological polar surface area (TPSA) is 73.4 Å². The van der Waals surface area contributed by atoms with Gasteiger partial charge in [-0.05, 0) is 56.8 Å². The van der Waals surface area contributed by atoms with Gasteiger partial charge >= 0.3 is 0 Å². The number of likely N-dealkylation sites (tertiary alicyclic amines) is 1. The minimum Gasteiger partial charge on any atom is -0.373 e. The van der Waals surface area contributed by atoms with E-state index in [1.54, 1.807) is 4.90 Å². The molecule has 3 heterocycles. The van der Waals surface area contributed by atoms with E-state index >= 15 is 0 Å². The lowest BCUT2D eigenvalue weighted by molar-refractivity contribution is -0.132. The average molecular weight is 437 g/mol. The molecule has 2 aliphatic heterocycles. The summed E-state index contributed by atoms with van der Waals surface area (Å²) in [7, 11) is 3.74. The molecule has 2 aliphatic rings. The zero-order valence-corrected chi connectivity index (χ0v) is 19.4. The van der Waals surface area contributed by atoms with Gasteiger partial charge in [0.1, 0.15) is 11.6 Å². The summed E-state index contributed by atoms with van der Waals surface area (Å²) in [6, 6.07) is 12.8. The number of rotatable bonds is 7. The number of likely N-dealkylation sites (N-methyl/N-ethyl adjacent to an activating group) is 1. The summed E-state index contributed by atoms with van der Waals surface area (Å²) < 4.78 is 0. The van der Waals surface area contributed by atoms with Crippen molar-refractivity contribution in [2.24, 2.45) is 0 Å². The Morgan fingerprint density at radius 3 is 2.62 bits per heavy atom. The van der Waals surface area contributed by atoms with Crippen molar-refractivity contribution < 1.29 is 4.79 Å². The molecule has 0 aliphatic carbocycles. The maximum Gasteiger partial charge on any atom is 0.236 e. The summed E-state index contributed by atoms with van der Waals surface area (Å²) in [5.74, 6) is 2.66. The number of amides is 1. The van der Waals surface area contributed by atoms with Gasteiger partial charge in [-0.25, -0.2) is 9.97 Å². The van der Waals surface area contributed by atoms with Crippen molar-refractivity contribution in [3.63, 3.8) is 0 Å². The van der Waals surface area contributed by atoms with Crippen LogP contribution in [0.15, 0.2) is 36.4 Å². The molecule has 1 atom stereocenters. The summed E-state index contributed by atoms with van der Waals surface area (Å²) in [5, 5.41) is 6.61. The van der Waals surface area contributed by atoms with Crippen LogP contribution < -0.4 is 10.6 Å². The minimum absolute atomic E-state index is 0.127. The van der Waals surface area contributed by atoms with Gasteiger partial charge in [-0.1, -0.05) is 30.3 Å². The van der Waals surface area contributed by atoms with E-state index < -0.39 is 0 Å². The zero-order chi connectivity index (χ0) is 22.3. The molecule has 2 N–H and O–H groups in total. The van der Waals surface area contributed by atoms with Crippen LogP contribution in [0, 0.1) is 0 Å². The maximum absolute atomic E-state index is 12.9. The molecular weight excluding hydrogens is 400 g/mol. The van der Waals surface area contributed by atoms with Crippen LogP contribution in [0.4, 0.5) is 5.82 Å². The lowest BCUT2D eigenvalue weighted by Crippen LogP contribution is -2.41. The highest BCUT2D eigenvalue weighted by molar-refractivity contribution is 5.77. The molecule has 0 bridgehead atoms. The van der Waals surface area contributed by atoms with E-state index in [0.717, 1.165) is 63.4 Å². The van der Waals surface area contributed by atoms with E-state index in [9.17, 15) is 4.79 Å². The number of piperidine rings is 2. The van der Waals surface area contributed by atoms with Crippen molar-refractivity contribution in [2.45, 2.75) is 44.1 Å². The molecule has 7 nitrogen and oxygen atoms in total. The predicted molar refractivity (Wildman–Crippen MR) is 128 cm³/mol. The molecule has 172 valence electrons. The molecule has 32 heavy (non-hydrogen) atoms. The molecule has 0 saturated carbocycles. The Bertz CT molecular complexity index is 875. The average Bonchev–Trinajstić information content (AvgIpc) is 2.85. The zero-order valence-electron chi connectivity index (χ0n) is 19.4. The fourth-order valence-corrected chi connectivity index (χ4v) is 4.79. The molecule has 0 radical (unpaired) electrons. The van der Waals surface area contributed by atoms with Crippen LogP contribution >= 0.6 is 0 Å². The molecule has 2 aromatic rings. The second kappa shape index (κ2) is 10.9. The number of carbonyl (C=O) groups excluding carboxylic acids is 1. The van der Waals surface area contributed by atoms with Gasteiger partial charge in [-0.3, -0.25) is 9.69 Å². The number of aromatic nitrogens is 2. The third kappa shape index (κ3) is 5.84. The number of carbonyl (C=O) groups is 1. The van der Waals surface area contributed by atoms with Crippen molar-refractivity contribution in [3.8, 4) is 0 Å². The first-order valence-corrected chi connectivity index (χ1v) is 11.9. The first kappa shape index (κ1) is 22.7. The van der Waals surface area contributed by atoms with E-state index in [0.29, 0.717) is 30.7 Å². The Morgan fingerprint density at radius 1 is 1.16 bits per heavy atom. The van der Waals surface area contributed by atoms with Crippen LogP contribution in [0.25, 0.3) is 0 Å². The number of hydrogen-bond donors (Lipinski definition) is 2. The normalized spacial score (nSPS) is 20.1. The van der Waals surface area contributed by atoms with E-state index in [1.807, 2.05) is 20.2 Å². The standard InChI is InChI=1S/C25H36N6O/c1-26-23-15-22(21-9-6-12-27-16-21)28-24(29-23)17-30(2)25(32)18-31-13-10-20(11-14-31)19-7-4-3-5-8-19/h3-5,7-8,15,20-21,27H,6,9-14,16-18H2,1-2H3,(H,26,28,29)/t21-/m0/s1. The Kier molecular flexibility index (Phi) is 7.71. The van der Waals surface area contributed by atoms with Gasteiger partial charge in [0, 0.05) is 32.6 Å². The Hall–Kier alpha value is -2.51. The third-order valence-electron chi connectivity index (χ3n) is 6.79. The van der Waals surface area contributed by atoms with Gasteiger partial charge in [0.25, 0.3) is 0 Å². The van der Waals surface area contributed by atoms with Gasteiger partial charge in [0.15, 0.2) is 0 Å². The lowest BCUT2D eigenvalue weighted by Gasteiger charge is -2.32. The van der Waals surface area contributed by atoms with Crippen LogP contribution in [0.3, 0.4) is 0 Å². The second-order valence-electron chi connectivity index (χ2n) is 9.10. The number of hydrogen-bond acceptors (Lipinski definition) is 6. The van der Waals surface area contributed by atoms with Crippen molar-refractivity contribution >= 4 is 11.7 Å². The van der Waals surface area contributed by atoms with Crippen molar-refractivity contribution in [3.05, 3.63) is 53.5 Å². The second-order valence-corrected chi connectivity index (χ2v) is 9.10. The van der Waals surface area contributed by atoms with Crippen LogP contribution in [0.5, 0.6) is 0 Å². The largest absolute Gasteiger partial charge is 0.373 e. The van der Waals surface area contributed by atoms with Gasteiger partial charge in [0.05, 0.1) is 18.8 Å². The SMILES string of the molecule is CNc1cc([C@H]2CCCNC2)nc(CN(C)C(=O)CN2CCC(c3ccccc3)CC2)n1.